The van der Waals surface area contributed by atoms with Gasteiger partial charge in [-0.25, -0.2) is 4.39 Å². The Morgan fingerprint density at radius 3 is 2.93 bits per heavy atom. The third kappa shape index (κ3) is 1.16. The first-order valence-electron chi connectivity index (χ1n) is 4.88. The van der Waals surface area contributed by atoms with E-state index in [2.05, 4.69) is 16.4 Å². The Bertz CT molecular complexity index is 400. The van der Waals surface area contributed by atoms with Gasteiger partial charge >= 0.3 is 0 Å². The zero-order valence-corrected chi connectivity index (χ0v) is 7.70. The number of hydrogen-bond donors (Lipinski definition) is 1. The summed E-state index contributed by atoms with van der Waals surface area (Å²) in [7, 11) is 0. The molecule has 72 valence electrons. The Labute approximate surface area is 81.9 Å². The van der Waals surface area contributed by atoms with Crippen molar-refractivity contribution in [1.29, 1.82) is 0 Å². The molecule has 1 aliphatic carbocycles. The van der Waals surface area contributed by atoms with Gasteiger partial charge in [-0.05, 0) is 29.5 Å². The SMILES string of the molecule is Fc1cncc(C2=CC3NCC3C2)c1. The van der Waals surface area contributed by atoms with Crippen LogP contribution in [0.25, 0.3) is 5.57 Å². The van der Waals surface area contributed by atoms with Crippen LogP contribution >= 0.6 is 0 Å². The second kappa shape index (κ2) is 2.89. The van der Waals surface area contributed by atoms with Crippen molar-refractivity contribution in [1.82, 2.24) is 10.3 Å². The summed E-state index contributed by atoms with van der Waals surface area (Å²) in [5.41, 5.74) is 2.17. The van der Waals surface area contributed by atoms with E-state index in [1.165, 1.54) is 11.8 Å². The van der Waals surface area contributed by atoms with E-state index in [0.29, 0.717) is 6.04 Å². The van der Waals surface area contributed by atoms with E-state index in [-0.39, 0.29) is 5.82 Å². The van der Waals surface area contributed by atoms with Crippen LogP contribution in [0.15, 0.2) is 24.5 Å². The molecular weight excluding hydrogens is 179 g/mol. The highest BCUT2D eigenvalue weighted by atomic mass is 19.1. The Kier molecular flexibility index (Phi) is 1.67. The van der Waals surface area contributed by atoms with Gasteiger partial charge in [-0.3, -0.25) is 4.98 Å². The van der Waals surface area contributed by atoms with E-state index in [0.717, 1.165) is 24.4 Å². The first-order valence-corrected chi connectivity index (χ1v) is 4.88. The fraction of sp³-hybridized carbons (Fsp3) is 0.364. The lowest BCUT2D eigenvalue weighted by molar-refractivity contribution is 0.301. The lowest BCUT2D eigenvalue weighted by Gasteiger charge is -2.31. The Hall–Kier alpha value is -1.22. The number of nitrogens with one attached hydrogen (secondary N) is 1. The van der Waals surface area contributed by atoms with Gasteiger partial charge in [0.2, 0.25) is 0 Å². The molecule has 1 aromatic heterocycles. The quantitative estimate of drug-likeness (QED) is 0.727. The van der Waals surface area contributed by atoms with Gasteiger partial charge < -0.3 is 5.32 Å². The summed E-state index contributed by atoms with van der Waals surface area (Å²) >= 11 is 0. The summed E-state index contributed by atoms with van der Waals surface area (Å²) in [5, 5.41) is 3.33. The summed E-state index contributed by atoms with van der Waals surface area (Å²) < 4.78 is 12.9. The van der Waals surface area contributed by atoms with Crippen molar-refractivity contribution in [2.75, 3.05) is 6.54 Å². The molecule has 2 unspecified atom stereocenters. The van der Waals surface area contributed by atoms with Gasteiger partial charge in [-0.2, -0.15) is 0 Å². The zero-order valence-electron chi connectivity index (χ0n) is 7.70. The molecular formula is C11H11FN2. The van der Waals surface area contributed by atoms with Crippen LogP contribution < -0.4 is 5.32 Å². The Balaban J connectivity index is 1.92. The molecule has 2 heterocycles. The molecule has 2 nitrogen and oxygen atoms in total. The number of nitrogens with zero attached hydrogens (tertiary/aromatic N) is 1. The van der Waals surface area contributed by atoms with E-state index in [9.17, 15) is 4.39 Å². The molecule has 0 bridgehead atoms. The molecule has 14 heavy (non-hydrogen) atoms. The number of hydrogen-bond acceptors (Lipinski definition) is 2. The molecule has 2 aliphatic rings. The molecule has 0 aromatic carbocycles. The van der Waals surface area contributed by atoms with E-state index in [4.69, 9.17) is 0 Å². The summed E-state index contributed by atoms with van der Waals surface area (Å²) in [6.07, 6.45) is 6.24. The van der Waals surface area contributed by atoms with Crippen LogP contribution in [0.5, 0.6) is 0 Å². The van der Waals surface area contributed by atoms with Crippen LogP contribution in [0.2, 0.25) is 0 Å². The van der Waals surface area contributed by atoms with Crippen molar-refractivity contribution < 1.29 is 4.39 Å². The van der Waals surface area contributed by atoms with E-state index >= 15 is 0 Å². The molecule has 3 rings (SSSR count). The van der Waals surface area contributed by atoms with Crippen LogP contribution in [0.3, 0.4) is 0 Å². The molecule has 0 saturated carbocycles. The van der Waals surface area contributed by atoms with E-state index < -0.39 is 0 Å². The fourth-order valence-corrected chi connectivity index (χ4v) is 2.18. The minimum absolute atomic E-state index is 0.254. The summed E-state index contributed by atoms with van der Waals surface area (Å²) in [6.45, 7) is 1.09. The largest absolute Gasteiger partial charge is 0.310 e. The molecule has 0 amide bonds. The van der Waals surface area contributed by atoms with Crippen LogP contribution in [0, 0.1) is 11.7 Å². The number of aromatic nitrogens is 1. The third-order valence-electron chi connectivity index (χ3n) is 3.06. The predicted octanol–water partition coefficient (Wildman–Crippen LogP) is 1.60. The van der Waals surface area contributed by atoms with Crippen molar-refractivity contribution in [2.24, 2.45) is 5.92 Å². The number of halogens is 1. The molecule has 0 spiro atoms. The number of fused-ring (bicyclic) bond motifs is 1. The second-order valence-electron chi connectivity index (χ2n) is 3.98. The molecule has 1 fully saturated rings. The van der Waals surface area contributed by atoms with Crippen LogP contribution in [0.1, 0.15) is 12.0 Å². The maximum Gasteiger partial charge on any atom is 0.142 e. The Morgan fingerprint density at radius 2 is 2.36 bits per heavy atom. The average molecular weight is 190 g/mol. The highest BCUT2D eigenvalue weighted by molar-refractivity contribution is 5.68. The van der Waals surface area contributed by atoms with Crippen LogP contribution in [-0.2, 0) is 0 Å². The predicted molar refractivity (Wildman–Crippen MR) is 52.1 cm³/mol. The lowest BCUT2D eigenvalue weighted by atomic mass is 9.94. The van der Waals surface area contributed by atoms with Gasteiger partial charge in [0.1, 0.15) is 5.82 Å². The maximum atomic E-state index is 12.9. The average Bonchev–Trinajstić information content (AvgIpc) is 2.43. The smallest absolute Gasteiger partial charge is 0.142 e. The minimum atomic E-state index is -0.254. The molecule has 2 atom stereocenters. The molecule has 1 saturated heterocycles. The van der Waals surface area contributed by atoms with Gasteiger partial charge in [0, 0.05) is 18.8 Å². The highest BCUT2D eigenvalue weighted by Crippen LogP contribution is 2.36. The summed E-state index contributed by atoms with van der Waals surface area (Å²) in [6, 6.07) is 2.08. The first-order chi connectivity index (χ1) is 6.83. The van der Waals surface area contributed by atoms with Crippen LogP contribution in [-0.4, -0.2) is 17.6 Å². The van der Waals surface area contributed by atoms with Crippen molar-refractivity contribution in [3.8, 4) is 0 Å². The van der Waals surface area contributed by atoms with Crippen LogP contribution in [0.4, 0.5) is 4.39 Å². The van der Waals surface area contributed by atoms with Crippen molar-refractivity contribution in [3.63, 3.8) is 0 Å². The molecule has 1 aliphatic heterocycles. The van der Waals surface area contributed by atoms with Gasteiger partial charge in [-0.15, -0.1) is 0 Å². The standard InChI is InChI=1S/C11H11FN2/c12-10-2-8(4-13-6-10)7-1-9-5-14-11(9)3-7/h2-4,6,9,11,14H,1,5H2. The fourth-order valence-electron chi connectivity index (χ4n) is 2.18. The first kappa shape index (κ1) is 8.12. The van der Waals surface area contributed by atoms with E-state index in [1.807, 2.05) is 0 Å². The summed E-state index contributed by atoms with van der Waals surface area (Å²) in [5.74, 6) is 0.476. The maximum absolute atomic E-state index is 12.9. The minimum Gasteiger partial charge on any atom is -0.310 e. The van der Waals surface area contributed by atoms with Crippen molar-refractivity contribution in [3.05, 3.63) is 35.9 Å². The normalized spacial score (nSPS) is 29.4. The Morgan fingerprint density at radius 1 is 1.43 bits per heavy atom. The molecule has 1 N–H and O–H groups in total. The number of allylic oxidation sites excluding steroid dienone is 1. The van der Waals surface area contributed by atoms with Gasteiger partial charge in [0.15, 0.2) is 0 Å². The number of rotatable bonds is 1. The molecule has 3 heteroatoms. The number of pyridine rings is 1. The monoisotopic (exact) mass is 190 g/mol. The summed E-state index contributed by atoms with van der Waals surface area (Å²) in [4.78, 5) is 3.86. The molecule has 1 aromatic rings. The van der Waals surface area contributed by atoms with Crippen molar-refractivity contribution in [2.45, 2.75) is 12.5 Å². The van der Waals surface area contributed by atoms with Gasteiger partial charge in [0.25, 0.3) is 0 Å². The third-order valence-corrected chi connectivity index (χ3v) is 3.06. The molecule has 0 radical (unpaired) electrons. The van der Waals surface area contributed by atoms with Crippen molar-refractivity contribution >= 4 is 5.57 Å². The topological polar surface area (TPSA) is 24.9 Å². The van der Waals surface area contributed by atoms with Gasteiger partial charge in [0.05, 0.1) is 6.20 Å². The second-order valence-corrected chi connectivity index (χ2v) is 3.98. The zero-order chi connectivity index (χ0) is 9.54. The lowest BCUT2D eigenvalue weighted by Crippen LogP contribution is -2.49. The van der Waals surface area contributed by atoms with E-state index in [1.54, 1.807) is 12.3 Å². The highest BCUT2D eigenvalue weighted by Gasteiger charge is 2.34. The van der Waals surface area contributed by atoms with Gasteiger partial charge in [-0.1, -0.05) is 6.08 Å².